The average Bonchev–Trinajstić information content (AvgIpc) is 2.27. The minimum atomic E-state index is 0.136. The molecule has 0 bridgehead atoms. The molecule has 0 spiro atoms. The Labute approximate surface area is 115 Å². The molecule has 2 unspecified atom stereocenters. The van der Waals surface area contributed by atoms with E-state index in [1.165, 1.54) is 0 Å². The van der Waals surface area contributed by atoms with Gasteiger partial charge in [0.25, 0.3) is 5.91 Å². The van der Waals surface area contributed by atoms with Crippen LogP contribution in [0.3, 0.4) is 0 Å². The van der Waals surface area contributed by atoms with Gasteiger partial charge in [0.1, 0.15) is 0 Å². The van der Waals surface area contributed by atoms with Gasteiger partial charge in [-0.25, -0.2) is 0 Å². The maximum Gasteiger partial charge on any atom is 0.255 e. The fraction of sp³-hybridized carbons (Fsp3) is 0.462. The zero-order chi connectivity index (χ0) is 12.4. The van der Waals surface area contributed by atoms with E-state index < -0.39 is 0 Å². The van der Waals surface area contributed by atoms with E-state index in [9.17, 15) is 4.79 Å². The van der Waals surface area contributed by atoms with Gasteiger partial charge in [0, 0.05) is 28.1 Å². The summed E-state index contributed by atoms with van der Waals surface area (Å²) in [5, 5.41) is 1.04. The van der Waals surface area contributed by atoms with Gasteiger partial charge in [-0.1, -0.05) is 26.0 Å². The number of hydrogen-bond donors (Lipinski definition) is 0. The number of carbonyl (C=O) groups excluding carboxylic acids is 1. The van der Waals surface area contributed by atoms with Crippen LogP contribution in [-0.4, -0.2) is 34.4 Å². The Morgan fingerprint density at radius 3 is 2.47 bits per heavy atom. The summed E-state index contributed by atoms with van der Waals surface area (Å²) >= 11 is 5.40. The van der Waals surface area contributed by atoms with Gasteiger partial charge in [-0.05, 0) is 28.1 Å². The summed E-state index contributed by atoms with van der Waals surface area (Å²) in [6, 6.07) is 7.63. The highest BCUT2D eigenvalue weighted by Crippen LogP contribution is 2.27. The van der Waals surface area contributed by atoms with E-state index in [0.29, 0.717) is 10.5 Å². The molecule has 1 heterocycles. The van der Waals surface area contributed by atoms with Crippen LogP contribution in [0.2, 0.25) is 0 Å². The predicted octanol–water partition coefficient (Wildman–Crippen LogP) is 3.42. The molecule has 1 aromatic rings. The Balaban J connectivity index is 2.17. The van der Waals surface area contributed by atoms with Crippen LogP contribution >= 0.6 is 27.7 Å². The lowest BCUT2D eigenvalue weighted by Crippen LogP contribution is -2.44. The molecule has 0 N–H and O–H groups in total. The van der Waals surface area contributed by atoms with E-state index in [0.717, 1.165) is 23.1 Å². The normalized spacial score (nSPS) is 24.8. The largest absolute Gasteiger partial charge is 0.336 e. The maximum absolute atomic E-state index is 12.4. The van der Waals surface area contributed by atoms with E-state index in [-0.39, 0.29) is 5.91 Å². The Hall–Kier alpha value is -0.480. The topological polar surface area (TPSA) is 20.3 Å². The number of thioether (sulfide) groups is 1. The summed E-state index contributed by atoms with van der Waals surface area (Å²) in [5.41, 5.74) is 0.763. The molecule has 0 aliphatic carbocycles. The Kier molecular flexibility index (Phi) is 4.15. The number of carbonyl (C=O) groups is 1. The van der Waals surface area contributed by atoms with Crippen molar-refractivity contribution in [1.29, 1.82) is 0 Å². The van der Waals surface area contributed by atoms with Crippen LogP contribution < -0.4 is 0 Å². The van der Waals surface area contributed by atoms with Crippen LogP contribution in [0.4, 0.5) is 0 Å². The van der Waals surface area contributed by atoms with Crippen LogP contribution in [0.15, 0.2) is 28.7 Å². The SMILES string of the molecule is CC1CN(C(=O)c2ccccc2Br)CC(C)S1. The zero-order valence-corrected chi connectivity index (χ0v) is 12.4. The molecule has 2 rings (SSSR count). The van der Waals surface area contributed by atoms with Gasteiger partial charge in [-0.15, -0.1) is 0 Å². The molecule has 0 aromatic heterocycles. The summed E-state index contributed by atoms with van der Waals surface area (Å²) < 4.78 is 0.878. The molecule has 1 aromatic carbocycles. The van der Waals surface area contributed by atoms with E-state index in [2.05, 4.69) is 29.8 Å². The Morgan fingerprint density at radius 1 is 1.29 bits per heavy atom. The molecule has 1 fully saturated rings. The lowest BCUT2D eigenvalue weighted by Gasteiger charge is -2.34. The molecule has 4 heteroatoms. The molecule has 2 nitrogen and oxygen atoms in total. The van der Waals surface area contributed by atoms with E-state index in [1.807, 2.05) is 40.9 Å². The van der Waals surface area contributed by atoms with Crippen molar-refractivity contribution in [1.82, 2.24) is 4.90 Å². The molecule has 17 heavy (non-hydrogen) atoms. The highest BCUT2D eigenvalue weighted by Gasteiger charge is 2.27. The van der Waals surface area contributed by atoms with Crippen molar-refractivity contribution in [3.63, 3.8) is 0 Å². The molecule has 0 radical (unpaired) electrons. The quantitative estimate of drug-likeness (QED) is 0.792. The number of nitrogens with zero attached hydrogens (tertiary/aromatic N) is 1. The number of halogens is 1. The minimum Gasteiger partial charge on any atom is -0.336 e. The van der Waals surface area contributed by atoms with Crippen LogP contribution in [0.5, 0.6) is 0 Å². The molecule has 1 saturated heterocycles. The lowest BCUT2D eigenvalue weighted by atomic mass is 10.2. The number of hydrogen-bond acceptors (Lipinski definition) is 2. The van der Waals surface area contributed by atoms with Crippen LogP contribution in [-0.2, 0) is 0 Å². The minimum absolute atomic E-state index is 0.136. The summed E-state index contributed by atoms with van der Waals surface area (Å²) in [4.78, 5) is 14.4. The Morgan fingerprint density at radius 2 is 1.88 bits per heavy atom. The molecular formula is C13H16BrNOS. The first-order valence-electron chi connectivity index (χ1n) is 5.77. The van der Waals surface area contributed by atoms with Gasteiger partial charge in [-0.3, -0.25) is 4.79 Å². The van der Waals surface area contributed by atoms with E-state index >= 15 is 0 Å². The number of amides is 1. The average molecular weight is 314 g/mol. The van der Waals surface area contributed by atoms with Crippen LogP contribution in [0, 0.1) is 0 Å². The molecule has 2 atom stereocenters. The first kappa shape index (κ1) is 13.0. The predicted molar refractivity (Wildman–Crippen MR) is 76.6 cm³/mol. The number of benzene rings is 1. The van der Waals surface area contributed by atoms with Crippen molar-refractivity contribution in [3.8, 4) is 0 Å². The lowest BCUT2D eigenvalue weighted by molar-refractivity contribution is 0.0752. The Bertz CT molecular complexity index is 414. The third kappa shape index (κ3) is 3.05. The van der Waals surface area contributed by atoms with Gasteiger partial charge in [-0.2, -0.15) is 11.8 Å². The van der Waals surface area contributed by atoms with Gasteiger partial charge in [0.2, 0.25) is 0 Å². The molecule has 1 aliphatic heterocycles. The highest BCUT2D eigenvalue weighted by molar-refractivity contribution is 9.10. The third-order valence-corrected chi connectivity index (χ3v) is 4.73. The highest BCUT2D eigenvalue weighted by atomic mass is 79.9. The second kappa shape index (κ2) is 5.44. The van der Waals surface area contributed by atoms with E-state index in [4.69, 9.17) is 0 Å². The van der Waals surface area contributed by atoms with Gasteiger partial charge < -0.3 is 4.90 Å². The first-order valence-corrected chi connectivity index (χ1v) is 7.50. The van der Waals surface area contributed by atoms with Gasteiger partial charge in [0.15, 0.2) is 0 Å². The second-order valence-corrected chi connectivity index (χ2v) is 7.18. The molecular weight excluding hydrogens is 298 g/mol. The van der Waals surface area contributed by atoms with Crippen molar-refractivity contribution in [2.45, 2.75) is 24.3 Å². The monoisotopic (exact) mass is 313 g/mol. The van der Waals surface area contributed by atoms with E-state index in [1.54, 1.807) is 0 Å². The van der Waals surface area contributed by atoms with Crippen molar-refractivity contribution in [2.75, 3.05) is 13.1 Å². The molecule has 1 aliphatic rings. The van der Waals surface area contributed by atoms with Crippen LogP contribution in [0.25, 0.3) is 0 Å². The summed E-state index contributed by atoms with van der Waals surface area (Å²) in [5.74, 6) is 0.136. The fourth-order valence-electron chi connectivity index (χ4n) is 2.15. The second-order valence-electron chi connectivity index (χ2n) is 4.45. The smallest absolute Gasteiger partial charge is 0.255 e. The van der Waals surface area contributed by atoms with Gasteiger partial charge >= 0.3 is 0 Å². The maximum atomic E-state index is 12.4. The van der Waals surface area contributed by atoms with Crippen molar-refractivity contribution in [3.05, 3.63) is 34.3 Å². The van der Waals surface area contributed by atoms with Crippen LogP contribution in [0.1, 0.15) is 24.2 Å². The van der Waals surface area contributed by atoms with Crippen molar-refractivity contribution >= 4 is 33.6 Å². The zero-order valence-electron chi connectivity index (χ0n) is 10.0. The van der Waals surface area contributed by atoms with Crippen molar-refractivity contribution in [2.24, 2.45) is 0 Å². The standard InChI is InChI=1S/C13H16BrNOS/c1-9-7-15(8-10(2)17-9)13(16)11-5-3-4-6-12(11)14/h3-6,9-10H,7-8H2,1-2H3. The summed E-state index contributed by atoms with van der Waals surface area (Å²) in [6.07, 6.45) is 0. The fourth-order valence-corrected chi connectivity index (χ4v) is 3.93. The summed E-state index contributed by atoms with van der Waals surface area (Å²) in [7, 11) is 0. The third-order valence-electron chi connectivity index (χ3n) is 2.81. The van der Waals surface area contributed by atoms with Crippen molar-refractivity contribution < 1.29 is 4.79 Å². The van der Waals surface area contributed by atoms with Gasteiger partial charge in [0.05, 0.1) is 5.56 Å². The number of rotatable bonds is 1. The first-order chi connectivity index (χ1) is 8.08. The molecule has 1 amide bonds. The molecule has 0 saturated carbocycles. The molecule has 92 valence electrons. The summed E-state index contributed by atoms with van der Waals surface area (Å²) in [6.45, 7) is 6.05.